The van der Waals surface area contributed by atoms with E-state index in [0.29, 0.717) is 0 Å². The molecule has 0 amide bonds. The molecule has 0 spiro atoms. The molecule has 0 radical (unpaired) electrons. The van der Waals surface area contributed by atoms with E-state index in [1.807, 2.05) is 0 Å². The lowest BCUT2D eigenvalue weighted by Crippen LogP contribution is -2.13. The Balaban J connectivity index is 2.83. The van der Waals surface area contributed by atoms with Crippen LogP contribution in [0.3, 0.4) is 0 Å². The Morgan fingerprint density at radius 1 is 1.36 bits per heavy atom. The molecule has 0 aliphatic rings. The lowest BCUT2D eigenvalue weighted by molar-refractivity contribution is 0.349. The molecule has 78 valence electrons. The minimum absolute atomic E-state index is 0.217. The lowest BCUT2D eigenvalue weighted by Gasteiger charge is -2.22. The van der Waals surface area contributed by atoms with Crippen LogP contribution in [0.2, 0.25) is 5.02 Å². The first-order valence-corrected chi connectivity index (χ1v) is 5.26. The minimum atomic E-state index is -0.343. The lowest BCUT2D eigenvalue weighted by atomic mass is 9.83. The van der Waals surface area contributed by atoms with Crippen LogP contribution in [-0.2, 0) is 6.42 Å². The van der Waals surface area contributed by atoms with Crippen molar-refractivity contribution < 1.29 is 4.39 Å². The van der Waals surface area contributed by atoms with E-state index in [1.165, 1.54) is 6.07 Å². The van der Waals surface area contributed by atoms with E-state index in [2.05, 4.69) is 20.8 Å². The van der Waals surface area contributed by atoms with E-state index in [9.17, 15) is 4.39 Å². The fourth-order valence-corrected chi connectivity index (χ4v) is 1.53. The van der Waals surface area contributed by atoms with Crippen LogP contribution in [0, 0.1) is 11.2 Å². The Bertz CT molecular complexity index is 318. The second-order valence-electron chi connectivity index (χ2n) is 4.44. The molecule has 0 saturated carbocycles. The summed E-state index contributed by atoms with van der Waals surface area (Å²) in [5.74, 6) is -0.343. The Morgan fingerprint density at radius 2 is 2.00 bits per heavy atom. The summed E-state index contributed by atoms with van der Waals surface area (Å²) in [6.45, 7) is 6.56. The molecule has 0 nitrogen and oxygen atoms in total. The van der Waals surface area contributed by atoms with E-state index in [-0.39, 0.29) is 16.3 Å². The van der Waals surface area contributed by atoms with Crippen molar-refractivity contribution in [2.24, 2.45) is 5.41 Å². The summed E-state index contributed by atoms with van der Waals surface area (Å²) in [7, 11) is 0. The van der Waals surface area contributed by atoms with Gasteiger partial charge in [-0.05, 0) is 29.5 Å². The van der Waals surface area contributed by atoms with Crippen molar-refractivity contribution in [3.63, 3.8) is 0 Å². The third-order valence-corrected chi connectivity index (χ3v) is 2.91. The van der Waals surface area contributed by atoms with E-state index in [0.717, 1.165) is 18.4 Å². The molecule has 0 saturated heterocycles. The SMILES string of the molecule is CCC(C)(C)Cc1ccc(F)c(Cl)c1. The standard InChI is InChI=1S/C12H16ClF/c1-4-12(2,3)8-9-5-6-11(14)10(13)7-9/h5-7H,4,8H2,1-3H3. The normalized spacial score (nSPS) is 11.8. The van der Waals surface area contributed by atoms with Crippen molar-refractivity contribution in [1.29, 1.82) is 0 Å². The Labute approximate surface area is 90.1 Å². The van der Waals surface area contributed by atoms with E-state index in [4.69, 9.17) is 11.6 Å². The highest BCUT2D eigenvalue weighted by Crippen LogP contribution is 2.27. The number of halogens is 2. The van der Waals surface area contributed by atoms with Crippen LogP contribution in [0.1, 0.15) is 32.8 Å². The zero-order valence-electron chi connectivity index (χ0n) is 8.90. The predicted octanol–water partition coefficient (Wildman–Crippen LogP) is 4.46. The molecule has 2 heteroatoms. The van der Waals surface area contributed by atoms with Crippen LogP contribution in [0.5, 0.6) is 0 Å². The summed E-state index contributed by atoms with van der Waals surface area (Å²) in [6, 6.07) is 4.95. The number of benzene rings is 1. The zero-order chi connectivity index (χ0) is 10.8. The van der Waals surface area contributed by atoms with Gasteiger partial charge >= 0.3 is 0 Å². The zero-order valence-corrected chi connectivity index (χ0v) is 9.66. The molecule has 1 aromatic rings. The second kappa shape index (κ2) is 4.31. The van der Waals surface area contributed by atoms with Gasteiger partial charge in [-0.1, -0.05) is 44.9 Å². The van der Waals surface area contributed by atoms with Crippen molar-refractivity contribution in [1.82, 2.24) is 0 Å². The molecule has 0 atom stereocenters. The van der Waals surface area contributed by atoms with Crippen LogP contribution in [0.15, 0.2) is 18.2 Å². The van der Waals surface area contributed by atoms with E-state index < -0.39 is 0 Å². The summed E-state index contributed by atoms with van der Waals surface area (Å²) in [5.41, 5.74) is 1.35. The van der Waals surface area contributed by atoms with Crippen LogP contribution in [0.25, 0.3) is 0 Å². The molecule has 0 aliphatic heterocycles. The first kappa shape index (κ1) is 11.5. The first-order chi connectivity index (χ1) is 6.44. The smallest absolute Gasteiger partial charge is 0.141 e. The van der Waals surface area contributed by atoms with Gasteiger partial charge in [0.15, 0.2) is 0 Å². The molecule has 0 N–H and O–H groups in total. The van der Waals surface area contributed by atoms with Gasteiger partial charge < -0.3 is 0 Å². The van der Waals surface area contributed by atoms with Crippen molar-refractivity contribution >= 4 is 11.6 Å². The van der Waals surface area contributed by atoms with Gasteiger partial charge in [0.05, 0.1) is 5.02 Å². The van der Waals surface area contributed by atoms with Gasteiger partial charge in [-0.25, -0.2) is 4.39 Å². The number of hydrogen-bond acceptors (Lipinski definition) is 0. The Morgan fingerprint density at radius 3 is 2.50 bits per heavy atom. The fraction of sp³-hybridized carbons (Fsp3) is 0.500. The van der Waals surface area contributed by atoms with Crippen molar-refractivity contribution in [3.05, 3.63) is 34.6 Å². The van der Waals surface area contributed by atoms with Crippen molar-refractivity contribution in [3.8, 4) is 0 Å². The van der Waals surface area contributed by atoms with Gasteiger partial charge in [0.2, 0.25) is 0 Å². The topological polar surface area (TPSA) is 0 Å². The molecule has 0 aromatic heterocycles. The third kappa shape index (κ3) is 2.98. The summed E-state index contributed by atoms with van der Waals surface area (Å²) in [5, 5.41) is 0.217. The molecule has 0 fully saturated rings. The Kier molecular flexibility index (Phi) is 3.54. The molecule has 0 heterocycles. The average Bonchev–Trinajstić information content (AvgIpc) is 2.11. The number of rotatable bonds is 3. The molecule has 1 aromatic carbocycles. The highest BCUT2D eigenvalue weighted by molar-refractivity contribution is 6.30. The first-order valence-electron chi connectivity index (χ1n) is 4.88. The van der Waals surface area contributed by atoms with E-state index in [1.54, 1.807) is 12.1 Å². The predicted molar refractivity (Wildman–Crippen MR) is 59.2 cm³/mol. The molecule has 14 heavy (non-hydrogen) atoms. The van der Waals surface area contributed by atoms with Crippen molar-refractivity contribution in [2.45, 2.75) is 33.6 Å². The minimum Gasteiger partial charge on any atom is -0.205 e. The summed E-state index contributed by atoms with van der Waals surface area (Å²) in [4.78, 5) is 0. The highest BCUT2D eigenvalue weighted by atomic mass is 35.5. The molecule has 0 aliphatic carbocycles. The monoisotopic (exact) mass is 214 g/mol. The van der Waals surface area contributed by atoms with Gasteiger partial charge in [0.1, 0.15) is 5.82 Å². The van der Waals surface area contributed by atoms with Gasteiger partial charge in [-0.3, -0.25) is 0 Å². The molecular formula is C12H16ClF. The van der Waals surface area contributed by atoms with Crippen LogP contribution < -0.4 is 0 Å². The third-order valence-electron chi connectivity index (χ3n) is 2.62. The maximum atomic E-state index is 12.9. The summed E-state index contributed by atoms with van der Waals surface area (Å²) >= 11 is 5.71. The van der Waals surface area contributed by atoms with Crippen LogP contribution in [0.4, 0.5) is 4.39 Å². The van der Waals surface area contributed by atoms with E-state index >= 15 is 0 Å². The Hall–Kier alpha value is -0.560. The van der Waals surface area contributed by atoms with Crippen LogP contribution >= 0.6 is 11.6 Å². The summed E-state index contributed by atoms with van der Waals surface area (Å²) in [6.07, 6.45) is 2.03. The number of hydrogen-bond donors (Lipinski definition) is 0. The van der Waals surface area contributed by atoms with Crippen molar-refractivity contribution in [2.75, 3.05) is 0 Å². The maximum absolute atomic E-state index is 12.9. The highest BCUT2D eigenvalue weighted by Gasteiger charge is 2.16. The maximum Gasteiger partial charge on any atom is 0.141 e. The van der Waals surface area contributed by atoms with Gasteiger partial charge in [-0.15, -0.1) is 0 Å². The van der Waals surface area contributed by atoms with Crippen LogP contribution in [-0.4, -0.2) is 0 Å². The molecule has 0 unspecified atom stereocenters. The molecule has 1 rings (SSSR count). The second-order valence-corrected chi connectivity index (χ2v) is 4.85. The van der Waals surface area contributed by atoms with Gasteiger partial charge in [-0.2, -0.15) is 0 Å². The van der Waals surface area contributed by atoms with Gasteiger partial charge in [0.25, 0.3) is 0 Å². The average molecular weight is 215 g/mol. The largest absolute Gasteiger partial charge is 0.205 e. The summed E-state index contributed by atoms with van der Waals surface area (Å²) < 4.78 is 12.9. The molecular weight excluding hydrogens is 199 g/mol. The fourth-order valence-electron chi connectivity index (χ4n) is 1.33. The quantitative estimate of drug-likeness (QED) is 0.697. The molecule has 0 bridgehead atoms. The van der Waals surface area contributed by atoms with Gasteiger partial charge in [0, 0.05) is 0 Å².